The van der Waals surface area contributed by atoms with Gasteiger partial charge in [0.15, 0.2) is 5.78 Å². The summed E-state index contributed by atoms with van der Waals surface area (Å²) in [7, 11) is 0. The zero-order valence-corrected chi connectivity index (χ0v) is 14.2. The minimum absolute atomic E-state index is 0.252. The van der Waals surface area contributed by atoms with Crippen LogP contribution in [-0.2, 0) is 0 Å². The summed E-state index contributed by atoms with van der Waals surface area (Å²) in [5.41, 5.74) is 3.63. The lowest BCUT2D eigenvalue weighted by Gasteiger charge is -2.05. The summed E-state index contributed by atoms with van der Waals surface area (Å²) in [6.07, 6.45) is 6.04. The number of hydrogen-bond donors (Lipinski definition) is 0. The van der Waals surface area contributed by atoms with Gasteiger partial charge >= 0.3 is 0 Å². The van der Waals surface area contributed by atoms with Crippen molar-refractivity contribution < 1.29 is 4.79 Å². The van der Waals surface area contributed by atoms with Crippen LogP contribution in [0.1, 0.15) is 54.9 Å². The highest BCUT2D eigenvalue weighted by molar-refractivity contribution is 6.00. The molecule has 0 aliphatic heterocycles. The Morgan fingerprint density at radius 3 is 2.25 bits per heavy atom. The van der Waals surface area contributed by atoms with Gasteiger partial charge in [-0.15, -0.1) is 0 Å². The van der Waals surface area contributed by atoms with E-state index in [2.05, 4.69) is 13.0 Å². The van der Waals surface area contributed by atoms with Crippen LogP contribution in [0.2, 0.25) is 0 Å². The minimum atomic E-state index is 0.252. The molecule has 0 N–H and O–H groups in total. The molecule has 0 spiro atoms. The molecule has 0 bridgehead atoms. The lowest BCUT2D eigenvalue weighted by Crippen LogP contribution is -2.03. The second-order valence-corrected chi connectivity index (χ2v) is 6.73. The molecule has 3 rings (SSSR count). The first-order chi connectivity index (χ1) is 11.7. The van der Waals surface area contributed by atoms with E-state index >= 15 is 0 Å². The molecule has 0 aromatic heterocycles. The molecule has 0 heterocycles. The van der Waals surface area contributed by atoms with Gasteiger partial charge in [-0.3, -0.25) is 4.79 Å². The molecule has 1 fully saturated rings. The molecule has 0 saturated heterocycles. The van der Waals surface area contributed by atoms with Gasteiger partial charge in [-0.25, -0.2) is 0 Å². The number of nitriles is 1. The van der Waals surface area contributed by atoms with Crippen molar-refractivity contribution in [1.82, 2.24) is 0 Å². The van der Waals surface area contributed by atoms with Gasteiger partial charge in [0.2, 0.25) is 0 Å². The maximum Gasteiger partial charge on any atom is 0.166 e. The molecular weight excluding hydrogens is 294 g/mol. The number of benzene rings is 2. The topological polar surface area (TPSA) is 40.9 Å². The Bertz CT molecular complexity index is 737. The van der Waals surface area contributed by atoms with E-state index in [4.69, 9.17) is 5.26 Å². The SMILES string of the molecule is CCCCC[C@@H]1C[C@H]1C(=O)c1ccc(-c2ccc(C#N)cc2)cc1. The number of ketones is 1. The summed E-state index contributed by atoms with van der Waals surface area (Å²) in [5.74, 6) is 1.17. The number of nitrogens with zero attached hydrogens (tertiary/aromatic N) is 1. The van der Waals surface area contributed by atoms with E-state index in [1.54, 1.807) is 0 Å². The number of carbonyl (C=O) groups excluding carboxylic acids is 1. The maximum atomic E-state index is 12.5. The van der Waals surface area contributed by atoms with Gasteiger partial charge in [0.05, 0.1) is 11.6 Å². The highest BCUT2D eigenvalue weighted by Crippen LogP contribution is 2.44. The molecule has 1 saturated carbocycles. The van der Waals surface area contributed by atoms with Crippen molar-refractivity contribution in [3.63, 3.8) is 0 Å². The second-order valence-electron chi connectivity index (χ2n) is 6.73. The fraction of sp³-hybridized carbons (Fsp3) is 0.364. The Morgan fingerprint density at radius 2 is 1.67 bits per heavy atom. The molecule has 1 aliphatic rings. The van der Waals surface area contributed by atoms with Crippen molar-refractivity contribution in [2.45, 2.75) is 39.0 Å². The summed E-state index contributed by atoms with van der Waals surface area (Å²) in [6.45, 7) is 2.21. The lowest BCUT2D eigenvalue weighted by atomic mass is 9.99. The normalized spacial score (nSPS) is 18.8. The summed E-state index contributed by atoms with van der Waals surface area (Å²) in [4.78, 5) is 12.5. The third-order valence-corrected chi connectivity index (χ3v) is 4.95. The monoisotopic (exact) mass is 317 g/mol. The first kappa shape index (κ1) is 16.5. The third-order valence-electron chi connectivity index (χ3n) is 4.95. The van der Waals surface area contributed by atoms with E-state index < -0.39 is 0 Å². The largest absolute Gasteiger partial charge is 0.294 e. The summed E-state index contributed by atoms with van der Waals surface area (Å²) in [5, 5.41) is 8.86. The van der Waals surface area contributed by atoms with Crippen LogP contribution >= 0.6 is 0 Å². The van der Waals surface area contributed by atoms with Crippen molar-refractivity contribution in [2.75, 3.05) is 0 Å². The first-order valence-electron chi connectivity index (χ1n) is 8.87. The average Bonchev–Trinajstić information content (AvgIpc) is 3.41. The van der Waals surface area contributed by atoms with E-state index in [0.29, 0.717) is 17.3 Å². The van der Waals surface area contributed by atoms with Crippen LogP contribution in [0.15, 0.2) is 48.5 Å². The molecule has 0 radical (unpaired) electrons. The van der Waals surface area contributed by atoms with Gasteiger partial charge in [0, 0.05) is 11.5 Å². The van der Waals surface area contributed by atoms with E-state index in [1.165, 1.54) is 25.7 Å². The van der Waals surface area contributed by atoms with Gasteiger partial charge in [-0.05, 0) is 42.0 Å². The van der Waals surface area contributed by atoms with Crippen LogP contribution in [-0.4, -0.2) is 5.78 Å². The Labute approximate surface area is 144 Å². The van der Waals surface area contributed by atoms with E-state index in [-0.39, 0.29) is 5.92 Å². The molecule has 2 nitrogen and oxygen atoms in total. The van der Waals surface area contributed by atoms with Crippen LogP contribution in [0.25, 0.3) is 11.1 Å². The van der Waals surface area contributed by atoms with Crippen LogP contribution in [0.5, 0.6) is 0 Å². The number of hydrogen-bond acceptors (Lipinski definition) is 2. The number of rotatable bonds is 7. The number of carbonyl (C=O) groups is 1. The van der Waals surface area contributed by atoms with Gasteiger partial charge in [-0.1, -0.05) is 62.6 Å². The van der Waals surface area contributed by atoms with E-state index in [0.717, 1.165) is 23.1 Å². The molecule has 2 atom stereocenters. The quantitative estimate of drug-likeness (QED) is 0.491. The molecule has 2 aromatic carbocycles. The zero-order chi connectivity index (χ0) is 16.9. The van der Waals surface area contributed by atoms with Crippen molar-refractivity contribution >= 4 is 5.78 Å². The minimum Gasteiger partial charge on any atom is -0.294 e. The van der Waals surface area contributed by atoms with Gasteiger partial charge in [0.1, 0.15) is 0 Å². The van der Waals surface area contributed by atoms with E-state index in [1.807, 2.05) is 48.5 Å². The van der Waals surface area contributed by atoms with Crippen molar-refractivity contribution in [3.8, 4) is 17.2 Å². The Balaban J connectivity index is 1.62. The second kappa shape index (κ2) is 7.45. The Hall–Kier alpha value is -2.40. The lowest BCUT2D eigenvalue weighted by molar-refractivity contribution is 0.0960. The van der Waals surface area contributed by atoms with Crippen LogP contribution in [0.3, 0.4) is 0 Å². The first-order valence-corrected chi connectivity index (χ1v) is 8.87. The molecule has 0 amide bonds. The standard InChI is InChI=1S/C22H23NO/c1-2-3-4-5-20-14-21(20)22(24)19-12-10-18(11-13-19)17-8-6-16(15-23)7-9-17/h6-13,20-21H,2-5,14H2,1H3/t20-,21-/m1/s1. The van der Waals surface area contributed by atoms with Crippen LogP contribution in [0.4, 0.5) is 0 Å². The molecule has 122 valence electrons. The van der Waals surface area contributed by atoms with Crippen molar-refractivity contribution in [1.29, 1.82) is 5.26 Å². The Kier molecular flexibility index (Phi) is 5.11. The maximum absolute atomic E-state index is 12.5. The van der Waals surface area contributed by atoms with E-state index in [9.17, 15) is 4.79 Å². The highest BCUT2D eigenvalue weighted by atomic mass is 16.1. The van der Waals surface area contributed by atoms with Crippen LogP contribution in [0, 0.1) is 23.2 Å². The third kappa shape index (κ3) is 3.74. The zero-order valence-electron chi connectivity index (χ0n) is 14.2. The van der Waals surface area contributed by atoms with Crippen LogP contribution < -0.4 is 0 Å². The van der Waals surface area contributed by atoms with Crippen molar-refractivity contribution in [2.24, 2.45) is 11.8 Å². The summed E-state index contributed by atoms with van der Waals surface area (Å²) in [6, 6.07) is 17.5. The van der Waals surface area contributed by atoms with Gasteiger partial charge in [-0.2, -0.15) is 5.26 Å². The summed E-state index contributed by atoms with van der Waals surface area (Å²) >= 11 is 0. The van der Waals surface area contributed by atoms with Crippen molar-refractivity contribution in [3.05, 3.63) is 59.7 Å². The molecular formula is C22H23NO. The highest BCUT2D eigenvalue weighted by Gasteiger charge is 2.42. The fourth-order valence-corrected chi connectivity index (χ4v) is 3.32. The van der Waals surface area contributed by atoms with Gasteiger partial charge in [0.25, 0.3) is 0 Å². The fourth-order valence-electron chi connectivity index (χ4n) is 3.32. The predicted octanol–water partition coefficient (Wildman–Crippen LogP) is 5.62. The molecule has 2 heteroatoms. The molecule has 24 heavy (non-hydrogen) atoms. The molecule has 0 unspecified atom stereocenters. The predicted molar refractivity (Wildman–Crippen MR) is 96.7 cm³/mol. The summed E-state index contributed by atoms with van der Waals surface area (Å²) < 4.78 is 0. The average molecular weight is 317 g/mol. The van der Waals surface area contributed by atoms with Gasteiger partial charge < -0.3 is 0 Å². The molecule has 1 aliphatic carbocycles. The Morgan fingerprint density at radius 1 is 1.04 bits per heavy atom. The number of unbranched alkanes of at least 4 members (excludes halogenated alkanes) is 2. The number of Topliss-reactive ketones (excluding diaryl/α,β-unsaturated/α-hetero) is 1. The molecule has 2 aromatic rings. The smallest absolute Gasteiger partial charge is 0.166 e.